The molecule has 1 saturated heterocycles. The van der Waals surface area contributed by atoms with Crippen molar-refractivity contribution < 1.29 is 4.74 Å². The van der Waals surface area contributed by atoms with Crippen molar-refractivity contribution in [3.8, 4) is 0 Å². The Labute approximate surface area is 140 Å². The largest absolute Gasteiger partial charge is 0.379 e. The molecule has 1 aliphatic heterocycles. The SMILES string of the molecule is CN=C(NCC(C(C)C)N1CCOCC1)NCC(C)(C)SC. The molecule has 0 spiro atoms. The summed E-state index contributed by atoms with van der Waals surface area (Å²) in [5, 5.41) is 6.92. The van der Waals surface area contributed by atoms with Crippen LogP contribution in [0.2, 0.25) is 0 Å². The highest BCUT2D eigenvalue weighted by molar-refractivity contribution is 7.99. The van der Waals surface area contributed by atoms with E-state index >= 15 is 0 Å². The number of hydrogen-bond acceptors (Lipinski definition) is 4. The minimum atomic E-state index is 0.208. The van der Waals surface area contributed by atoms with Gasteiger partial charge in [0, 0.05) is 44.0 Å². The van der Waals surface area contributed by atoms with Crippen molar-refractivity contribution in [2.45, 2.75) is 38.5 Å². The molecule has 1 fully saturated rings. The molecule has 0 aromatic carbocycles. The molecule has 1 heterocycles. The summed E-state index contributed by atoms with van der Waals surface area (Å²) in [6, 6.07) is 0.510. The first kappa shape index (κ1) is 19.6. The minimum Gasteiger partial charge on any atom is -0.379 e. The maximum Gasteiger partial charge on any atom is 0.191 e. The molecule has 0 aliphatic carbocycles. The van der Waals surface area contributed by atoms with Gasteiger partial charge in [0.15, 0.2) is 5.96 Å². The van der Waals surface area contributed by atoms with E-state index in [-0.39, 0.29) is 4.75 Å². The Morgan fingerprint density at radius 1 is 1.27 bits per heavy atom. The fraction of sp³-hybridized carbons (Fsp3) is 0.938. The fourth-order valence-electron chi connectivity index (χ4n) is 2.49. The molecule has 0 bridgehead atoms. The second-order valence-electron chi connectivity index (χ2n) is 6.73. The van der Waals surface area contributed by atoms with Crippen LogP contribution in [0.15, 0.2) is 4.99 Å². The van der Waals surface area contributed by atoms with Crippen LogP contribution in [0, 0.1) is 5.92 Å². The van der Waals surface area contributed by atoms with Crippen molar-refractivity contribution in [1.29, 1.82) is 0 Å². The summed E-state index contributed by atoms with van der Waals surface area (Å²) in [6.45, 7) is 14.6. The Morgan fingerprint density at radius 2 is 1.91 bits per heavy atom. The highest BCUT2D eigenvalue weighted by Crippen LogP contribution is 2.19. The third-order valence-electron chi connectivity index (χ3n) is 4.22. The van der Waals surface area contributed by atoms with Gasteiger partial charge in [-0.15, -0.1) is 0 Å². The maximum atomic E-state index is 5.46. The van der Waals surface area contributed by atoms with E-state index in [1.807, 2.05) is 18.8 Å². The van der Waals surface area contributed by atoms with Gasteiger partial charge in [-0.05, 0) is 26.0 Å². The fourth-order valence-corrected chi connectivity index (χ4v) is 2.70. The zero-order valence-corrected chi connectivity index (χ0v) is 15.9. The summed E-state index contributed by atoms with van der Waals surface area (Å²) in [5.74, 6) is 1.49. The second-order valence-corrected chi connectivity index (χ2v) is 8.24. The van der Waals surface area contributed by atoms with Gasteiger partial charge in [-0.3, -0.25) is 9.89 Å². The predicted octanol–water partition coefficient (Wildman–Crippen LogP) is 1.65. The molecule has 0 aromatic heterocycles. The number of thioether (sulfide) groups is 1. The van der Waals surface area contributed by atoms with Gasteiger partial charge in [-0.1, -0.05) is 13.8 Å². The molecule has 1 atom stereocenters. The van der Waals surface area contributed by atoms with E-state index in [9.17, 15) is 0 Å². The molecule has 22 heavy (non-hydrogen) atoms. The van der Waals surface area contributed by atoms with Crippen LogP contribution >= 0.6 is 11.8 Å². The lowest BCUT2D eigenvalue weighted by molar-refractivity contribution is 0.00752. The minimum absolute atomic E-state index is 0.208. The van der Waals surface area contributed by atoms with Crippen molar-refractivity contribution >= 4 is 17.7 Å². The molecular formula is C16H34N4OS. The van der Waals surface area contributed by atoms with Crippen LogP contribution in [0.4, 0.5) is 0 Å². The van der Waals surface area contributed by atoms with Gasteiger partial charge in [-0.2, -0.15) is 11.8 Å². The Hall–Kier alpha value is -0.460. The molecule has 5 nitrogen and oxygen atoms in total. The zero-order valence-electron chi connectivity index (χ0n) is 15.1. The quantitative estimate of drug-likeness (QED) is 0.549. The molecule has 1 aliphatic rings. The summed E-state index contributed by atoms with van der Waals surface area (Å²) in [6.07, 6.45) is 2.14. The number of morpholine rings is 1. The zero-order chi connectivity index (χ0) is 16.6. The maximum absolute atomic E-state index is 5.46. The first-order valence-corrected chi connectivity index (χ1v) is 9.43. The number of nitrogens with zero attached hydrogens (tertiary/aromatic N) is 2. The lowest BCUT2D eigenvalue weighted by Crippen LogP contribution is -2.53. The molecule has 0 saturated carbocycles. The average Bonchev–Trinajstić information content (AvgIpc) is 2.51. The summed E-state index contributed by atoms with van der Waals surface area (Å²) in [5.41, 5.74) is 0. The molecule has 0 amide bonds. The van der Waals surface area contributed by atoms with Gasteiger partial charge >= 0.3 is 0 Å². The highest BCUT2D eigenvalue weighted by atomic mass is 32.2. The average molecular weight is 331 g/mol. The van der Waals surface area contributed by atoms with E-state index in [0.717, 1.165) is 45.4 Å². The second kappa shape index (κ2) is 9.63. The number of rotatable bonds is 7. The van der Waals surface area contributed by atoms with E-state index in [2.05, 4.69) is 54.5 Å². The molecule has 2 N–H and O–H groups in total. The van der Waals surface area contributed by atoms with Crippen molar-refractivity contribution in [1.82, 2.24) is 15.5 Å². The van der Waals surface area contributed by atoms with Crippen LogP contribution in [0.1, 0.15) is 27.7 Å². The van der Waals surface area contributed by atoms with Gasteiger partial charge in [0.05, 0.1) is 13.2 Å². The van der Waals surface area contributed by atoms with Gasteiger partial charge in [0.25, 0.3) is 0 Å². The standard InChI is InChI=1S/C16H34N4OS/c1-13(2)14(20-7-9-21-10-8-20)11-18-15(17-5)19-12-16(3,4)22-6/h13-14H,7-12H2,1-6H3,(H2,17,18,19). The third-order valence-corrected chi connectivity index (χ3v) is 5.47. The molecule has 1 unspecified atom stereocenters. The molecule has 0 radical (unpaired) electrons. The van der Waals surface area contributed by atoms with Crippen LogP contribution in [-0.2, 0) is 4.74 Å². The van der Waals surface area contributed by atoms with Gasteiger partial charge in [0.1, 0.15) is 0 Å². The van der Waals surface area contributed by atoms with Crippen molar-refractivity contribution in [2.24, 2.45) is 10.9 Å². The van der Waals surface area contributed by atoms with Crippen LogP contribution in [0.5, 0.6) is 0 Å². The summed E-state index contributed by atoms with van der Waals surface area (Å²) in [4.78, 5) is 6.87. The van der Waals surface area contributed by atoms with Crippen molar-refractivity contribution in [2.75, 3.05) is 52.7 Å². The molecule has 1 rings (SSSR count). The molecular weight excluding hydrogens is 296 g/mol. The van der Waals surface area contributed by atoms with E-state index in [1.165, 1.54) is 0 Å². The van der Waals surface area contributed by atoms with Crippen LogP contribution in [0.25, 0.3) is 0 Å². The smallest absolute Gasteiger partial charge is 0.191 e. The lowest BCUT2D eigenvalue weighted by Gasteiger charge is -2.37. The lowest BCUT2D eigenvalue weighted by atomic mass is 10.0. The summed E-state index contributed by atoms with van der Waals surface area (Å²) >= 11 is 1.86. The first-order valence-electron chi connectivity index (χ1n) is 8.21. The Bertz CT molecular complexity index is 341. The van der Waals surface area contributed by atoms with E-state index in [1.54, 1.807) is 0 Å². The normalized spacial score (nSPS) is 19.3. The number of ether oxygens (including phenoxy) is 1. The number of guanidine groups is 1. The molecule has 0 aromatic rings. The first-order chi connectivity index (χ1) is 10.4. The third kappa shape index (κ3) is 6.75. The highest BCUT2D eigenvalue weighted by Gasteiger charge is 2.24. The van der Waals surface area contributed by atoms with Crippen molar-refractivity contribution in [3.63, 3.8) is 0 Å². The Morgan fingerprint density at radius 3 is 2.41 bits per heavy atom. The van der Waals surface area contributed by atoms with Crippen LogP contribution in [-0.4, -0.2) is 74.3 Å². The number of aliphatic imine (C=N–C) groups is 1. The topological polar surface area (TPSA) is 48.9 Å². The molecule has 6 heteroatoms. The van der Waals surface area contributed by atoms with Gasteiger partial charge in [-0.25, -0.2) is 0 Å². The Balaban J connectivity index is 2.48. The van der Waals surface area contributed by atoms with E-state index in [0.29, 0.717) is 12.0 Å². The predicted molar refractivity (Wildman–Crippen MR) is 98.0 cm³/mol. The monoisotopic (exact) mass is 330 g/mol. The van der Waals surface area contributed by atoms with E-state index in [4.69, 9.17) is 4.74 Å². The summed E-state index contributed by atoms with van der Waals surface area (Å²) in [7, 11) is 1.83. The van der Waals surface area contributed by atoms with Gasteiger partial charge < -0.3 is 15.4 Å². The number of hydrogen-bond donors (Lipinski definition) is 2. The number of nitrogens with one attached hydrogen (secondary N) is 2. The van der Waals surface area contributed by atoms with Gasteiger partial charge in [0.2, 0.25) is 0 Å². The van der Waals surface area contributed by atoms with E-state index < -0.39 is 0 Å². The van der Waals surface area contributed by atoms with Crippen molar-refractivity contribution in [3.05, 3.63) is 0 Å². The Kier molecular flexibility index (Phi) is 8.57. The summed E-state index contributed by atoms with van der Waals surface area (Å²) < 4.78 is 5.67. The molecule has 130 valence electrons. The van der Waals surface area contributed by atoms with Crippen LogP contribution in [0.3, 0.4) is 0 Å². The van der Waals surface area contributed by atoms with Crippen LogP contribution < -0.4 is 10.6 Å².